The van der Waals surface area contributed by atoms with Crippen molar-refractivity contribution in [3.8, 4) is 0 Å². The van der Waals surface area contributed by atoms with E-state index in [0.717, 1.165) is 6.54 Å². The quantitative estimate of drug-likeness (QED) is 0.509. The molecule has 1 unspecified atom stereocenters. The third kappa shape index (κ3) is 5.98. The lowest BCUT2D eigenvalue weighted by Gasteiger charge is -2.33. The van der Waals surface area contributed by atoms with E-state index in [-0.39, 0.29) is 17.9 Å². The summed E-state index contributed by atoms with van der Waals surface area (Å²) < 4.78 is 5.77. The van der Waals surface area contributed by atoms with Gasteiger partial charge in [0.15, 0.2) is 5.69 Å². The fourth-order valence-corrected chi connectivity index (χ4v) is 4.56. The molecule has 1 aliphatic rings. The highest BCUT2D eigenvalue weighted by molar-refractivity contribution is 5.92. The molecule has 2 amide bonds. The molecular formula is C28H34N4O3. The Morgan fingerprint density at radius 2 is 1.69 bits per heavy atom. The predicted octanol–water partition coefficient (Wildman–Crippen LogP) is 4.36. The molecular weight excluding hydrogens is 440 g/mol. The van der Waals surface area contributed by atoms with E-state index in [9.17, 15) is 9.59 Å². The second-order valence-corrected chi connectivity index (χ2v) is 9.35. The van der Waals surface area contributed by atoms with Crippen molar-refractivity contribution < 1.29 is 14.0 Å². The third-order valence-electron chi connectivity index (χ3n) is 6.82. The molecule has 0 saturated carbocycles. The molecule has 2 heterocycles. The highest BCUT2D eigenvalue weighted by Gasteiger charge is 2.26. The zero-order chi connectivity index (χ0) is 24.9. The van der Waals surface area contributed by atoms with Gasteiger partial charge in [-0.3, -0.25) is 14.5 Å². The predicted molar refractivity (Wildman–Crippen MR) is 135 cm³/mol. The van der Waals surface area contributed by atoms with Gasteiger partial charge in [0.25, 0.3) is 5.91 Å². The van der Waals surface area contributed by atoms with E-state index in [1.807, 2.05) is 6.07 Å². The van der Waals surface area contributed by atoms with E-state index in [1.165, 1.54) is 28.5 Å². The molecule has 1 saturated heterocycles. The van der Waals surface area contributed by atoms with E-state index in [0.29, 0.717) is 44.3 Å². The highest BCUT2D eigenvalue weighted by atomic mass is 16.3. The van der Waals surface area contributed by atoms with Crippen molar-refractivity contribution >= 4 is 11.8 Å². The number of carbonyl (C=O) groups is 2. The number of hydrogen-bond donors (Lipinski definition) is 0. The van der Waals surface area contributed by atoms with Crippen LogP contribution in [-0.2, 0) is 17.9 Å². The first-order valence-electron chi connectivity index (χ1n) is 12.2. The van der Waals surface area contributed by atoms with Gasteiger partial charge in [-0.1, -0.05) is 54.1 Å². The average Bonchev–Trinajstić information content (AvgIpc) is 3.33. The van der Waals surface area contributed by atoms with Crippen molar-refractivity contribution in [2.75, 3.05) is 26.2 Å². The number of hydrogen-bond acceptors (Lipinski definition) is 5. The first-order valence-corrected chi connectivity index (χ1v) is 12.2. The Bertz CT molecular complexity index is 1170. The van der Waals surface area contributed by atoms with Gasteiger partial charge in [0, 0.05) is 45.7 Å². The van der Waals surface area contributed by atoms with Crippen molar-refractivity contribution in [2.45, 2.75) is 46.8 Å². The summed E-state index contributed by atoms with van der Waals surface area (Å²) in [6, 6.07) is 17.0. The molecule has 7 heteroatoms. The molecule has 0 spiro atoms. The van der Waals surface area contributed by atoms with E-state index < -0.39 is 0 Å². The van der Waals surface area contributed by atoms with Crippen LogP contribution in [0.5, 0.6) is 0 Å². The highest BCUT2D eigenvalue weighted by Crippen LogP contribution is 2.26. The van der Waals surface area contributed by atoms with Gasteiger partial charge in [0.2, 0.25) is 11.8 Å². The third-order valence-corrected chi connectivity index (χ3v) is 6.82. The van der Waals surface area contributed by atoms with Gasteiger partial charge < -0.3 is 14.2 Å². The molecule has 0 bridgehead atoms. The first-order chi connectivity index (χ1) is 16.8. The molecule has 0 N–H and O–H groups in total. The van der Waals surface area contributed by atoms with Crippen molar-refractivity contribution in [1.29, 1.82) is 0 Å². The lowest BCUT2D eigenvalue weighted by molar-refractivity contribution is -0.130. The summed E-state index contributed by atoms with van der Waals surface area (Å²) in [5, 5.41) is 0. The van der Waals surface area contributed by atoms with Gasteiger partial charge in [-0.05, 0) is 37.5 Å². The largest absolute Gasteiger partial charge is 0.447 e. The van der Waals surface area contributed by atoms with Crippen LogP contribution in [0.2, 0.25) is 0 Å². The van der Waals surface area contributed by atoms with Crippen LogP contribution in [-0.4, -0.2) is 57.7 Å². The molecule has 1 aliphatic heterocycles. The summed E-state index contributed by atoms with van der Waals surface area (Å²) in [6.45, 7) is 11.3. The number of nitrogens with zero attached hydrogens (tertiary/aromatic N) is 4. The van der Waals surface area contributed by atoms with Crippen molar-refractivity contribution in [1.82, 2.24) is 19.7 Å². The van der Waals surface area contributed by atoms with E-state index in [1.54, 1.807) is 16.7 Å². The zero-order valence-electron chi connectivity index (χ0n) is 21.0. The Kier molecular flexibility index (Phi) is 7.66. The Hall–Kier alpha value is -3.45. The van der Waals surface area contributed by atoms with Crippen LogP contribution in [0.15, 0.2) is 59.2 Å². The van der Waals surface area contributed by atoms with Gasteiger partial charge >= 0.3 is 0 Å². The Labute approximate surface area is 207 Å². The second kappa shape index (κ2) is 10.9. The normalized spacial score (nSPS) is 14.9. The molecule has 2 aromatic carbocycles. The van der Waals surface area contributed by atoms with Crippen molar-refractivity contribution in [3.63, 3.8) is 0 Å². The smallest absolute Gasteiger partial charge is 0.275 e. The van der Waals surface area contributed by atoms with Gasteiger partial charge in [-0.2, -0.15) is 0 Å². The molecule has 184 valence electrons. The Morgan fingerprint density at radius 1 is 1.00 bits per heavy atom. The van der Waals surface area contributed by atoms with Gasteiger partial charge in [0.05, 0.1) is 6.54 Å². The number of oxazole rings is 1. The lowest BCUT2D eigenvalue weighted by Crippen LogP contribution is -2.50. The molecule has 7 nitrogen and oxygen atoms in total. The van der Waals surface area contributed by atoms with E-state index in [4.69, 9.17) is 4.42 Å². The number of aromatic nitrogens is 1. The molecule has 3 aromatic rings. The maximum atomic E-state index is 13.0. The number of rotatable bonds is 7. The molecule has 1 aromatic heterocycles. The van der Waals surface area contributed by atoms with Crippen LogP contribution in [0.3, 0.4) is 0 Å². The van der Waals surface area contributed by atoms with Gasteiger partial charge in [-0.25, -0.2) is 4.98 Å². The van der Waals surface area contributed by atoms with Gasteiger partial charge in [-0.15, -0.1) is 0 Å². The lowest BCUT2D eigenvalue weighted by atomic mass is 10.0. The SMILES string of the molecule is CC(=O)N1CCN(C(=O)c2coc(CN(Cc3ccc(C)cc3C)C(C)c3ccccc3)n2)CC1. The summed E-state index contributed by atoms with van der Waals surface area (Å²) in [7, 11) is 0. The van der Waals surface area contributed by atoms with E-state index in [2.05, 4.69) is 73.1 Å². The molecule has 1 fully saturated rings. The van der Waals surface area contributed by atoms with Crippen molar-refractivity contribution in [2.24, 2.45) is 0 Å². The van der Waals surface area contributed by atoms with Crippen molar-refractivity contribution in [3.05, 3.63) is 88.6 Å². The molecule has 35 heavy (non-hydrogen) atoms. The maximum Gasteiger partial charge on any atom is 0.275 e. The average molecular weight is 475 g/mol. The summed E-state index contributed by atoms with van der Waals surface area (Å²) in [6.07, 6.45) is 1.46. The van der Waals surface area contributed by atoms with Crippen LogP contribution in [0, 0.1) is 13.8 Å². The minimum absolute atomic E-state index is 0.0391. The minimum Gasteiger partial charge on any atom is -0.447 e. The Morgan fingerprint density at radius 3 is 2.34 bits per heavy atom. The summed E-state index contributed by atoms with van der Waals surface area (Å²) in [5.41, 5.74) is 5.28. The topological polar surface area (TPSA) is 69.9 Å². The standard InChI is InChI=1S/C28H34N4O3/c1-20-10-11-25(21(2)16-20)17-32(22(3)24-8-6-5-7-9-24)18-27-29-26(19-35-27)28(34)31-14-12-30(13-15-31)23(4)33/h5-11,16,19,22H,12-15,17-18H2,1-4H3. The van der Waals surface area contributed by atoms with Crippen LogP contribution in [0.4, 0.5) is 0 Å². The Balaban J connectivity index is 1.50. The summed E-state index contributed by atoms with van der Waals surface area (Å²) >= 11 is 0. The van der Waals surface area contributed by atoms with E-state index >= 15 is 0 Å². The number of carbonyl (C=O) groups excluding carboxylic acids is 2. The fourth-order valence-electron chi connectivity index (χ4n) is 4.56. The fraction of sp³-hybridized carbons (Fsp3) is 0.393. The first kappa shape index (κ1) is 24.7. The summed E-state index contributed by atoms with van der Waals surface area (Å²) in [4.78, 5) is 34.9. The number of piperazine rings is 1. The van der Waals surface area contributed by atoms with Crippen LogP contribution < -0.4 is 0 Å². The number of aryl methyl sites for hydroxylation is 2. The van der Waals surface area contributed by atoms with Crippen LogP contribution >= 0.6 is 0 Å². The minimum atomic E-state index is -0.153. The maximum absolute atomic E-state index is 13.0. The summed E-state index contributed by atoms with van der Waals surface area (Å²) in [5.74, 6) is 0.403. The van der Waals surface area contributed by atoms with Crippen LogP contribution in [0.1, 0.15) is 58.5 Å². The monoisotopic (exact) mass is 474 g/mol. The number of amides is 2. The second-order valence-electron chi connectivity index (χ2n) is 9.35. The molecule has 0 aliphatic carbocycles. The molecule has 0 radical (unpaired) electrons. The van der Waals surface area contributed by atoms with Crippen LogP contribution in [0.25, 0.3) is 0 Å². The number of benzene rings is 2. The molecule has 4 rings (SSSR count). The molecule has 1 atom stereocenters. The zero-order valence-corrected chi connectivity index (χ0v) is 21.0. The van der Waals surface area contributed by atoms with Gasteiger partial charge in [0.1, 0.15) is 6.26 Å².